The van der Waals surface area contributed by atoms with Gasteiger partial charge < -0.3 is 15.7 Å². The topological polar surface area (TPSA) is 78.4 Å². The van der Waals surface area contributed by atoms with E-state index in [-0.39, 0.29) is 24.3 Å². The molecule has 0 aliphatic carbocycles. The van der Waals surface area contributed by atoms with Crippen LogP contribution in [0.5, 0.6) is 0 Å². The highest BCUT2D eigenvalue weighted by Gasteiger charge is 2.25. The highest BCUT2D eigenvalue weighted by atomic mass is 16.3. The van der Waals surface area contributed by atoms with Gasteiger partial charge >= 0.3 is 0 Å². The van der Waals surface area contributed by atoms with E-state index < -0.39 is 12.1 Å². The lowest BCUT2D eigenvalue weighted by Crippen LogP contribution is -2.50. The number of aliphatic hydroxyl groups is 1. The molecule has 2 amide bonds. The number of nitrogens with one attached hydrogen (secondary N) is 2. The standard InChI is InChI=1S/C15H22N2O3/c1-10(2)14(16-11(3)19)15(20)17-13(9-18)12-7-5-4-6-8-12/h4-8,10,13-14,18H,9H2,1-3H3,(H,16,19)(H,17,20)/t13-,14?/m0/s1. The Bertz CT molecular complexity index is 446. The maximum absolute atomic E-state index is 12.2. The molecule has 0 aliphatic heterocycles. The Morgan fingerprint density at radius 2 is 1.75 bits per heavy atom. The quantitative estimate of drug-likeness (QED) is 0.726. The molecule has 0 bridgehead atoms. The van der Waals surface area contributed by atoms with Gasteiger partial charge in [0.15, 0.2) is 0 Å². The second kappa shape index (κ2) is 7.65. The van der Waals surface area contributed by atoms with Crippen LogP contribution in [-0.4, -0.2) is 29.6 Å². The Kier molecular flexibility index (Phi) is 6.18. The molecular formula is C15H22N2O3. The predicted molar refractivity (Wildman–Crippen MR) is 76.9 cm³/mol. The van der Waals surface area contributed by atoms with Gasteiger partial charge in [-0.25, -0.2) is 0 Å². The molecule has 110 valence electrons. The molecule has 0 fully saturated rings. The van der Waals surface area contributed by atoms with Crippen LogP contribution in [0.15, 0.2) is 30.3 Å². The Hall–Kier alpha value is -1.88. The minimum Gasteiger partial charge on any atom is -0.394 e. The van der Waals surface area contributed by atoms with Crippen molar-refractivity contribution < 1.29 is 14.7 Å². The van der Waals surface area contributed by atoms with E-state index in [1.165, 1.54) is 6.92 Å². The van der Waals surface area contributed by atoms with Gasteiger partial charge in [-0.15, -0.1) is 0 Å². The number of hydrogen-bond donors (Lipinski definition) is 3. The number of rotatable bonds is 6. The molecule has 0 aromatic heterocycles. The SMILES string of the molecule is CC(=O)NC(C(=O)N[C@@H](CO)c1ccccc1)C(C)C. The average Bonchev–Trinajstić information content (AvgIpc) is 2.42. The zero-order chi connectivity index (χ0) is 15.1. The van der Waals surface area contributed by atoms with E-state index in [4.69, 9.17) is 0 Å². The van der Waals surface area contributed by atoms with E-state index in [2.05, 4.69) is 10.6 Å². The van der Waals surface area contributed by atoms with Gasteiger partial charge in [0.2, 0.25) is 11.8 Å². The van der Waals surface area contributed by atoms with E-state index in [0.717, 1.165) is 5.56 Å². The Morgan fingerprint density at radius 3 is 2.20 bits per heavy atom. The van der Waals surface area contributed by atoms with Gasteiger partial charge in [0, 0.05) is 6.92 Å². The highest BCUT2D eigenvalue weighted by Crippen LogP contribution is 2.13. The predicted octanol–water partition coefficient (Wildman–Crippen LogP) is 0.997. The molecule has 3 N–H and O–H groups in total. The molecular weight excluding hydrogens is 256 g/mol. The van der Waals surface area contributed by atoms with Crippen molar-refractivity contribution in [2.75, 3.05) is 6.61 Å². The van der Waals surface area contributed by atoms with Crippen molar-refractivity contribution in [1.82, 2.24) is 10.6 Å². The van der Waals surface area contributed by atoms with Crippen molar-refractivity contribution in [3.05, 3.63) is 35.9 Å². The van der Waals surface area contributed by atoms with E-state index in [0.29, 0.717) is 0 Å². The molecule has 0 radical (unpaired) electrons. The van der Waals surface area contributed by atoms with Crippen LogP contribution in [0.1, 0.15) is 32.4 Å². The molecule has 0 spiro atoms. The lowest BCUT2D eigenvalue weighted by molar-refractivity contribution is -0.129. The van der Waals surface area contributed by atoms with E-state index in [1.54, 1.807) is 0 Å². The summed E-state index contributed by atoms with van der Waals surface area (Å²) in [6, 6.07) is 8.15. The Labute approximate surface area is 119 Å². The Balaban J connectivity index is 2.77. The molecule has 5 nitrogen and oxygen atoms in total. The van der Waals surface area contributed by atoms with Gasteiger partial charge in [-0.3, -0.25) is 9.59 Å². The lowest BCUT2D eigenvalue weighted by atomic mass is 10.0. The number of benzene rings is 1. The summed E-state index contributed by atoms with van der Waals surface area (Å²) < 4.78 is 0. The van der Waals surface area contributed by atoms with Crippen LogP contribution in [0, 0.1) is 5.92 Å². The van der Waals surface area contributed by atoms with Gasteiger partial charge in [-0.2, -0.15) is 0 Å². The summed E-state index contributed by atoms with van der Waals surface area (Å²) in [5.74, 6) is -0.578. The molecule has 5 heteroatoms. The summed E-state index contributed by atoms with van der Waals surface area (Å²) in [5, 5.41) is 14.8. The van der Waals surface area contributed by atoms with Crippen molar-refractivity contribution in [1.29, 1.82) is 0 Å². The van der Waals surface area contributed by atoms with Crippen LogP contribution in [0.4, 0.5) is 0 Å². The maximum Gasteiger partial charge on any atom is 0.243 e. The van der Waals surface area contributed by atoms with Crippen molar-refractivity contribution in [2.24, 2.45) is 5.92 Å². The van der Waals surface area contributed by atoms with Crippen LogP contribution < -0.4 is 10.6 Å². The van der Waals surface area contributed by atoms with Gasteiger partial charge in [-0.1, -0.05) is 44.2 Å². The maximum atomic E-state index is 12.2. The smallest absolute Gasteiger partial charge is 0.243 e. The number of carbonyl (C=O) groups excluding carboxylic acids is 2. The van der Waals surface area contributed by atoms with Crippen molar-refractivity contribution in [3.8, 4) is 0 Å². The third kappa shape index (κ3) is 4.66. The summed E-state index contributed by atoms with van der Waals surface area (Å²) in [7, 11) is 0. The minimum absolute atomic E-state index is 0.0333. The van der Waals surface area contributed by atoms with E-state index >= 15 is 0 Å². The summed E-state index contributed by atoms with van der Waals surface area (Å²) in [5.41, 5.74) is 0.827. The van der Waals surface area contributed by atoms with Gasteiger partial charge in [0.25, 0.3) is 0 Å². The normalized spacial score (nSPS) is 13.7. The first kappa shape index (κ1) is 16.2. The first-order valence-corrected chi connectivity index (χ1v) is 6.69. The zero-order valence-electron chi connectivity index (χ0n) is 12.1. The van der Waals surface area contributed by atoms with Crippen LogP contribution in [-0.2, 0) is 9.59 Å². The summed E-state index contributed by atoms with van der Waals surface area (Å²) in [6.07, 6.45) is 0. The minimum atomic E-state index is -0.606. The van der Waals surface area contributed by atoms with Crippen molar-refractivity contribution in [3.63, 3.8) is 0 Å². The molecule has 0 saturated heterocycles. The first-order chi connectivity index (χ1) is 9.45. The molecule has 1 aromatic carbocycles. The van der Waals surface area contributed by atoms with Crippen LogP contribution >= 0.6 is 0 Å². The summed E-state index contributed by atoms with van der Waals surface area (Å²) in [4.78, 5) is 23.4. The second-order valence-corrected chi connectivity index (χ2v) is 5.08. The van der Waals surface area contributed by atoms with Crippen LogP contribution in [0.2, 0.25) is 0 Å². The molecule has 1 unspecified atom stereocenters. The molecule has 1 rings (SSSR count). The fourth-order valence-electron chi connectivity index (χ4n) is 1.94. The number of aliphatic hydroxyl groups excluding tert-OH is 1. The molecule has 0 saturated carbocycles. The third-order valence-corrected chi connectivity index (χ3v) is 3.01. The highest BCUT2D eigenvalue weighted by molar-refractivity contribution is 5.87. The van der Waals surface area contributed by atoms with Crippen molar-refractivity contribution in [2.45, 2.75) is 32.9 Å². The van der Waals surface area contributed by atoms with Gasteiger partial charge in [0.05, 0.1) is 12.6 Å². The molecule has 20 heavy (non-hydrogen) atoms. The second-order valence-electron chi connectivity index (χ2n) is 5.08. The van der Waals surface area contributed by atoms with Crippen LogP contribution in [0.25, 0.3) is 0 Å². The largest absolute Gasteiger partial charge is 0.394 e. The number of amides is 2. The van der Waals surface area contributed by atoms with Gasteiger partial charge in [-0.05, 0) is 11.5 Å². The van der Waals surface area contributed by atoms with E-state index in [1.807, 2.05) is 44.2 Å². The first-order valence-electron chi connectivity index (χ1n) is 6.69. The zero-order valence-corrected chi connectivity index (χ0v) is 12.1. The Morgan fingerprint density at radius 1 is 1.15 bits per heavy atom. The summed E-state index contributed by atoms with van der Waals surface area (Å²) in [6.45, 7) is 4.90. The third-order valence-electron chi connectivity index (χ3n) is 3.01. The molecule has 1 aromatic rings. The van der Waals surface area contributed by atoms with Crippen LogP contribution in [0.3, 0.4) is 0 Å². The lowest BCUT2D eigenvalue weighted by Gasteiger charge is -2.24. The molecule has 2 atom stereocenters. The number of hydrogen-bond acceptors (Lipinski definition) is 3. The fourth-order valence-corrected chi connectivity index (χ4v) is 1.94. The van der Waals surface area contributed by atoms with Crippen molar-refractivity contribution >= 4 is 11.8 Å². The molecule has 0 heterocycles. The number of carbonyl (C=O) groups is 2. The molecule has 0 aliphatic rings. The monoisotopic (exact) mass is 278 g/mol. The average molecular weight is 278 g/mol. The van der Waals surface area contributed by atoms with Gasteiger partial charge in [0.1, 0.15) is 6.04 Å². The van der Waals surface area contributed by atoms with E-state index in [9.17, 15) is 14.7 Å². The summed E-state index contributed by atoms with van der Waals surface area (Å²) >= 11 is 0. The fraction of sp³-hybridized carbons (Fsp3) is 0.467.